The summed E-state index contributed by atoms with van der Waals surface area (Å²) in [6.45, 7) is 5.00. The molecule has 3 aliphatic rings. The molecular formula is C19H23N5O2. The smallest absolute Gasteiger partial charge is 0.293 e. The average Bonchev–Trinajstić information content (AvgIpc) is 3.35. The molecule has 3 heterocycles. The van der Waals surface area contributed by atoms with E-state index in [2.05, 4.69) is 39.2 Å². The summed E-state index contributed by atoms with van der Waals surface area (Å²) >= 11 is 0. The number of aryl methyl sites for hydroxylation is 1. The number of carbonyl (C=O) groups excluding carboxylic acids is 1. The lowest BCUT2D eigenvalue weighted by molar-refractivity contribution is 0.00480. The fourth-order valence-electron chi connectivity index (χ4n) is 4.89. The molecule has 136 valence electrons. The molecule has 1 aromatic carbocycles. The number of ether oxygens (including phenoxy) is 1. The van der Waals surface area contributed by atoms with E-state index in [1.165, 1.54) is 11.1 Å². The number of nitrogens with zero attached hydrogens (tertiary/aromatic N) is 5. The van der Waals surface area contributed by atoms with Gasteiger partial charge in [0.25, 0.3) is 5.91 Å². The highest BCUT2D eigenvalue weighted by Crippen LogP contribution is 2.51. The van der Waals surface area contributed by atoms with Gasteiger partial charge in [-0.15, -0.1) is 5.10 Å². The predicted octanol–water partition coefficient (Wildman–Crippen LogP) is 1.06. The van der Waals surface area contributed by atoms with Crippen molar-refractivity contribution in [2.75, 3.05) is 39.4 Å². The molecule has 0 saturated carbocycles. The van der Waals surface area contributed by atoms with Crippen molar-refractivity contribution in [2.24, 2.45) is 13.0 Å². The number of morpholine rings is 1. The Labute approximate surface area is 152 Å². The van der Waals surface area contributed by atoms with Crippen molar-refractivity contribution >= 4 is 5.91 Å². The van der Waals surface area contributed by atoms with E-state index in [0.717, 1.165) is 39.4 Å². The van der Waals surface area contributed by atoms with Crippen molar-refractivity contribution in [1.29, 1.82) is 0 Å². The molecule has 26 heavy (non-hydrogen) atoms. The zero-order valence-electron chi connectivity index (χ0n) is 14.9. The van der Waals surface area contributed by atoms with Gasteiger partial charge in [-0.3, -0.25) is 14.4 Å². The maximum atomic E-state index is 12.8. The lowest BCUT2D eigenvalue weighted by Crippen LogP contribution is -2.42. The molecule has 2 fully saturated rings. The van der Waals surface area contributed by atoms with Crippen LogP contribution in [0, 0.1) is 5.92 Å². The summed E-state index contributed by atoms with van der Waals surface area (Å²) in [5.41, 5.74) is 2.84. The van der Waals surface area contributed by atoms with Crippen LogP contribution in [0.1, 0.15) is 33.7 Å². The SMILES string of the molecule is Cn1cnc(C(=O)N2C[C@H]3[C@@H](C2)c2ccccc2[C@@H]3N2CCOCC2)n1. The van der Waals surface area contributed by atoms with Crippen LogP contribution in [0.25, 0.3) is 0 Å². The van der Waals surface area contributed by atoms with Gasteiger partial charge in [-0.25, -0.2) is 4.98 Å². The number of hydrogen-bond acceptors (Lipinski definition) is 5. The molecule has 0 N–H and O–H groups in total. The summed E-state index contributed by atoms with van der Waals surface area (Å²) in [6.07, 6.45) is 1.58. The Morgan fingerprint density at radius 1 is 1.15 bits per heavy atom. The summed E-state index contributed by atoms with van der Waals surface area (Å²) in [5.74, 6) is 1.06. The monoisotopic (exact) mass is 353 g/mol. The van der Waals surface area contributed by atoms with Gasteiger partial charge in [-0.05, 0) is 11.1 Å². The molecule has 7 heteroatoms. The number of likely N-dealkylation sites (tertiary alicyclic amines) is 1. The lowest BCUT2D eigenvalue weighted by atomic mass is 9.93. The zero-order valence-corrected chi connectivity index (χ0v) is 14.9. The van der Waals surface area contributed by atoms with E-state index in [9.17, 15) is 4.79 Å². The summed E-state index contributed by atoms with van der Waals surface area (Å²) in [4.78, 5) is 21.5. The number of amides is 1. The van der Waals surface area contributed by atoms with Gasteiger partial charge < -0.3 is 9.64 Å². The second-order valence-electron chi connectivity index (χ2n) is 7.44. The van der Waals surface area contributed by atoms with E-state index in [1.54, 1.807) is 18.1 Å². The van der Waals surface area contributed by atoms with Gasteiger partial charge in [0.15, 0.2) is 0 Å². The molecule has 0 spiro atoms. The third-order valence-corrected chi connectivity index (χ3v) is 6.00. The summed E-state index contributed by atoms with van der Waals surface area (Å²) in [5, 5.41) is 4.19. The van der Waals surface area contributed by atoms with E-state index in [0.29, 0.717) is 23.7 Å². The van der Waals surface area contributed by atoms with Crippen LogP contribution in [0.15, 0.2) is 30.6 Å². The van der Waals surface area contributed by atoms with Crippen LogP contribution < -0.4 is 0 Å². The molecule has 3 atom stereocenters. The topological polar surface area (TPSA) is 63.5 Å². The largest absolute Gasteiger partial charge is 0.379 e. The van der Waals surface area contributed by atoms with Gasteiger partial charge in [0, 0.05) is 51.1 Å². The minimum atomic E-state index is -0.0572. The molecule has 1 aromatic heterocycles. The minimum Gasteiger partial charge on any atom is -0.379 e. The first-order valence-corrected chi connectivity index (χ1v) is 9.28. The van der Waals surface area contributed by atoms with Gasteiger partial charge in [-0.2, -0.15) is 0 Å². The number of hydrogen-bond donors (Lipinski definition) is 0. The van der Waals surface area contributed by atoms with Gasteiger partial charge in [0.1, 0.15) is 6.33 Å². The molecule has 2 saturated heterocycles. The maximum Gasteiger partial charge on any atom is 0.293 e. The summed E-state index contributed by atoms with van der Waals surface area (Å²) < 4.78 is 7.13. The molecule has 0 unspecified atom stereocenters. The molecule has 2 aromatic rings. The van der Waals surface area contributed by atoms with Gasteiger partial charge >= 0.3 is 0 Å². The van der Waals surface area contributed by atoms with Crippen molar-refractivity contribution < 1.29 is 9.53 Å². The Morgan fingerprint density at radius 2 is 1.92 bits per heavy atom. The van der Waals surface area contributed by atoms with Crippen LogP contribution in [-0.4, -0.2) is 69.9 Å². The molecular weight excluding hydrogens is 330 g/mol. The highest BCUT2D eigenvalue weighted by molar-refractivity contribution is 5.90. The Hall–Kier alpha value is -2.25. The second kappa shape index (κ2) is 6.17. The van der Waals surface area contributed by atoms with Crippen molar-refractivity contribution in [3.63, 3.8) is 0 Å². The van der Waals surface area contributed by atoms with E-state index in [4.69, 9.17) is 4.74 Å². The highest BCUT2D eigenvalue weighted by atomic mass is 16.5. The number of rotatable bonds is 2. The minimum absolute atomic E-state index is 0.0572. The number of benzene rings is 1. The first-order chi connectivity index (χ1) is 12.7. The third-order valence-electron chi connectivity index (χ3n) is 6.00. The van der Waals surface area contributed by atoms with Crippen LogP contribution in [0.2, 0.25) is 0 Å². The van der Waals surface area contributed by atoms with Crippen molar-refractivity contribution in [2.45, 2.75) is 12.0 Å². The first kappa shape index (κ1) is 16.0. The van der Waals surface area contributed by atoms with Crippen LogP contribution >= 0.6 is 0 Å². The van der Waals surface area contributed by atoms with Crippen molar-refractivity contribution in [3.8, 4) is 0 Å². The van der Waals surface area contributed by atoms with E-state index < -0.39 is 0 Å². The Morgan fingerprint density at radius 3 is 2.65 bits per heavy atom. The van der Waals surface area contributed by atoms with Crippen LogP contribution in [0.5, 0.6) is 0 Å². The van der Waals surface area contributed by atoms with Crippen molar-refractivity contribution in [1.82, 2.24) is 24.6 Å². The zero-order chi connectivity index (χ0) is 17.7. The fourth-order valence-corrected chi connectivity index (χ4v) is 4.89. The van der Waals surface area contributed by atoms with E-state index in [-0.39, 0.29) is 5.91 Å². The quantitative estimate of drug-likeness (QED) is 0.808. The summed E-state index contributed by atoms with van der Waals surface area (Å²) in [7, 11) is 1.78. The average molecular weight is 353 g/mol. The number of aromatic nitrogens is 3. The Bertz CT molecular complexity index is 829. The normalized spacial score (nSPS) is 28.2. The molecule has 1 aliphatic carbocycles. The Kier molecular flexibility index (Phi) is 3.79. The Balaban J connectivity index is 1.45. The molecule has 1 amide bonds. The number of fused-ring (bicyclic) bond motifs is 3. The van der Waals surface area contributed by atoms with Gasteiger partial charge in [-0.1, -0.05) is 24.3 Å². The molecule has 0 radical (unpaired) electrons. The second-order valence-corrected chi connectivity index (χ2v) is 7.44. The van der Waals surface area contributed by atoms with Crippen LogP contribution in [0.3, 0.4) is 0 Å². The standard InChI is InChI=1S/C19H23N5O2/c1-22-12-20-18(21-22)19(25)24-10-15-13-4-2-3-5-14(13)17(16(15)11-24)23-6-8-26-9-7-23/h2-5,12,15-17H,6-11H2,1H3/t15-,16-,17-/m0/s1. The molecule has 0 bridgehead atoms. The highest BCUT2D eigenvalue weighted by Gasteiger charge is 2.49. The van der Waals surface area contributed by atoms with Crippen LogP contribution in [-0.2, 0) is 11.8 Å². The predicted molar refractivity (Wildman–Crippen MR) is 94.7 cm³/mol. The first-order valence-electron chi connectivity index (χ1n) is 9.28. The molecule has 7 nitrogen and oxygen atoms in total. The van der Waals surface area contributed by atoms with E-state index >= 15 is 0 Å². The molecule has 2 aliphatic heterocycles. The maximum absolute atomic E-state index is 12.8. The number of carbonyl (C=O) groups is 1. The van der Waals surface area contributed by atoms with Crippen molar-refractivity contribution in [3.05, 3.63) is 47.5 Å². The van der Waals surface area contributed by atoms with E-state index in [1.807, 2.05) is 4.90 Å². The van der Waals surface area contributed by atoms with Gasteiger partial charge in [0.2, 0.25) is 5.82 Å². The fraction of sp³-hybridized carbons (Fsp3) is 0.526. The molecule has 5 rings (SSSR count). The lowest BCUT2D eigenvalue weighted by Gasteiger charge is -2.36. The van der Waals surface area contributed by atoms with Crippen LogP contribution in [0.4, 0.5) is 0 Å². The summed E-state index contributed by atoms with van der Waals surface area (Å²) in [6, 6.07) is 9.12. The van der Waals surface area contributed by atoms with Gasteiger partial charge in [0.05, 0.1) is 13.2 Å². The third kappa shape index (κ3) is 2.46.